The lowest BCUT2D eigenvalue weighted by Gasteiger charge is -2.14. The van der Waals surface area contributed by atoms with Crippen molar-refractivity contribution >= 4 is 11.6 Å². The molecule has 0 aliphatic carbocycles. The van der Waals surface area contributed by atoms with E-state index in [9.17, 15) is 4.39 Å². The molecule has 0 amide bonds. The lowest BCUT2D eigenvalue weighted by Crippen LogP contribution is -2.19. The Hall–Kier alpha value is -2.24. The number of nitrogens with zero attached hydrogens (tertiary/aromatic N) is 3. The van der Waals surface area contributed by atoms with Crippen molar-refractivity contribution in [3.05, 3.63) is 83.2 Å². The van der Waals surface area contributed by atoms with Gasteiger partial charge in [0.15, 0.2) is 0 Å². The molecular formula is C17H13ClFN3O. The number of halogens is 2. The Morgan fingerprint density at radius 3 is 2.65 bits per heavy atom. The SMILES string of the molecule is Fc1ccc([C@@]2(Cn3cncn3)O[C@@H]2c2ccccc2Cl)cc1. The molecule has 0 spiro atoms. The van der Waals surface area contributed by atoms with Crippen LogP contribution in [-0.4, -0.2) is 14.8 Å². The molecule has 0 N–H and O–H groups in total. The molecule has 2 heterocycles. The molecule has 2 aromatic carbocycles. The summed E-state index contributed by atoms with van der Waals surface area (Å²) < 4.78 is 21.1. The van der Waals surface area contributed by atoms with Crippen LogP contribution >= 0.6 is 11.6 Å². The van der Waals surface area contributed by atoms with E-state index in [1.54, 1.807) is 23.1 Å². The van der Waals surface area contributed by atoms with Crippen molar-refractivity contribution in [2.75, 3.05) is 0 Å². The van der Waals surface area contributed by atoms with Crippen LogP contribution in [0.5, 0.6) is 0 Å². The molecule has 116 valence electrons. The van der Waals surface area contributed by atoms with Gasteiger partial charge in [0, 0.05) is 10.6 Å². The van der Waals surface area contributed by atoms with Crippen molar-refractivity contribution in [2.45, 2.75) is 18.2 Å². The third kappa shape index (κ3) is 2.52. The summed E-state index contributed by atoms with van der Waals surface area (Å²) in [6.07, 6.45) is 2.91. The maximum absolute atomic E-state index is 13.3. The summed E-state index contributed by atoms with van der Waals surface area (Å²) >= 11 is 6.31. The highest BCUT2D eigenvalue weighted by Gasteiger charge is 2.59. The number of ether oxygens (including phenoxy) is 1. The average Bonchev–Trinajstić information content (AvgIpc) is 3.02. The van der Waals surface area contributed by atoms with Gasteiger partial charge in [-0.1, -0.05) is 41.9 Å². The molecule has 1 aliphatic rings. The molecule has 23 heavy (non-hydrogen) atoms. The van der Waals surface area contributed by atoms with Crippen LogP contribution in [0, 0.1) is 5.82 Å². The second kappa shape index (κ2) is 5.44. The number of benzene rings is 2. The van der Waals surface area contributed by atoms with Gasteiger partial charge < -0.3 is 4.74 Å². The van der Waals surface area contributed by atoms with Gasteiger partial charge in [0.1, 0.15) is 30.2 Å². The Morgan fingerprint density at radius 1 is 1.17 bits per heavy atom. The number of aromatic nitrogens is 3. The summed E-state index contributed by atoms with van der Waals surface area (Å²) in [5, 5.41) is 4.81. The Labute approximate surface area is 137 Å². The summed E-state index contributed by atoms with van der Waals surface area (Å²) in [5.41, 5.74) is 1.18. The minimum atomic E-state index is -0.619. The molecular weight excluding hydrogens is 317 g/mol. The predicted octanol–water partition coefficient (Wildman–Crippen LogP) is 3.74. The van der Waals surface area contributed by atoms with Gasteiger partial charge in [0.05, 0.1) is 6.54 Å². The lowest BCUT2D eigenvalue weighted by molar-refractivity contribution is 0.262. The first kappa shape index (κ1) is 14.4. The summed E-state index contributed by atoms with van der Waals surface area (Å²) in [6, 6.07) is 13.9. The molecule has 4 nitrogen and oxygen atoms in total. The van der Waals surface area contributed by atoms with Crippen LogP contribution in [-0.2, 0) is 16.9 Å². The second-order valence-corrected chi connectivity index (χ2v) is 5.92. The molecule has 0 saturated carbocycles. The van der Waals surface area contributed by atoms with Crippen LogP contribution in [0.3, 0.4) is 0 Å². The fourth-order valence-corrected chi connectivity index (χ4v) is 3.13. The van der Waals surface area contributed by atoms with Crippen LogP contribution in [0.2, 0.25) is 5.02 Å². The van der Waals surface area contributed by atoms with Crippen molar-refractivity contribution in [1.82, 2.24) is 14.8 Å². The van der Waals surface area contributed by atoms with Gasteiger partial charge in [0.25, 0.3) is 0 Å². The van der Waals surface area contributed by atoms with E-state index in [-0.39, 0.29) is 11.9 Å². The Morgan fingerprint density at radius 2 is 1.96 bits per heavy atom. The van der Waals surface area contributed by atoms with E-state index in [1.165, 1.54) is 18.5 Å². The van der Waals surface area contributed by atoms with Crippen LogP contribution < -0.4 is 0 Å². The number of hydrogen-bond donors (Lipinski definition) is 0. The van der Waals surface area contributed by atoms with Gasteiger partial charge in [-0.25, -0.2) is 14.1 Å². The van der Waals surface area contributed by atoms with Crippen molar-refractivity contribution in [1.29, 1.82) is 0 Å². The average molecular weight is 330 g/mol. The first-order valence-corrected chi connectivity index (χ1v) is 7.57. The second-order valence-electron chi connectivity index (χ2n) is 5.51. The fraction of sp³-hybridized carbons (Fsp3) is 0.176. The standard InChI is InChI=1S/C17H13ClFN3O/c18-15-4-2-1-3-14(15)16-17(23-16,9-22-11-20-10-21-22)12-5-7-13(19)8-6-12/h1-8,10-11,16H,9H2/t16-,17-/m1/s1. The fourth-order valence-electron chi connectivity index (χ4n) is 2.90. The van der Waals surface area contributed by atoms with E-state index in [0.29, 0.717) is 11.6 Å². The summed E-state index contributed by atoms with van der Waals surface area (Å²) in [4.78, 5) is 3.97. The van der Waals surface area contributed by atoms with Gasteiger partial charge in [-0.15, -0.1) is 0 Å². The highest BCUT2D eigenvalue weighted by atomic mass is 35.5. The van der Waals surface area contributed by atoms with Gasteiger partial charge in [-0.3, -0.25) is 0 Å². The smallest absolute Gasteiger partial charge is 0.144 e. The zero-order valence-corrected chi connectivity index (χ0v) is 12.8. The van der Waals surface area contributed by atoms with Crippen LogP contribution in [0.4, 0.5) is 4.39 Å². The topological polar surface area (TPSA) is 43.2 Å². The van der Waals surface area contributed by atoms with E-state index in [2.05, 4.69) is 10.1 Å². The maximum atomic E-state index is 13.3. The van der Waals surface area contributed by atoms with Gasteiger partial charge in [-0.2, -0.15) is 5.10 Å². The molecule has 1 saturated heterocycles. The van der Waals surface area contributed by atoms with Crippen molar-refractivity contribution in [2.24, 2.45) is 0 Å². The van der Waals surface area contributed by atoms with Crippen LogP contribution in [0.15, 0.2) is 61.2 Å². The minimum absolute atomic E-state index is 0.203. The summed E-state index contributed by atoms with van der Waals surface area (Å²) in [5.74, 6) is -0.278. The molecule has 0 unspecified atom stereocenters. The van der Waals surface area contributed by atoms with E-state index in [0.717, 1.165) is 11.1 Å². The highest BCUT2D eigenvalue weighted by molar-refractivity contribution is 6.31. The molecule has 3 aromatic rings. The molecule has 0 bridgehead atoms. The molecule has 1 aromatic heterocycles. The zero-order chi connectivity index (χ0) is 15.9. The molecule has 1 aliphatic heterocycles. The molecule has 4 rings (SSSR count). The monoisotopic (exact) mass is 329 g/mol. The van der Waals surface area contributed by atoms with E-state index < -0.39 is 5.60 Å². The molecule has 6 heteroatoms. The van der Waals surface area contributed by atoms with Gasteiger partial charge in [-0.05, 0) is 23.8 Å². The van der Waals surface area contributed by atoms with E-state index in [4.69, 9.17) is 16.3 Å². The predicted molar refractivity (Wildman–Crippen MR) is 83.4 cm³/mol. The number of epoxide rings is 1. The molecule has 1 fully saturated rings. The summed E-state index contributed by atoms with van der Waals surface area (Å²) in [7, 11) is 0. The van der Waals surface area contributed by atoms with Crippen LogP contribution in [0.1, 0.15) is 17.2 Å². The maximum Gasteiger partial charge on any atom is 0.144 e. The Balaban J connectivity index is 1.74. The third-order valence-electron chi connectivity index (χ3n) is 4.08. The quantitative estimate of drug-likeness (QED) is 0.685. The molecule has 2 atom stereocenters. The first-order chi connectivity index (χ1) is 11.2. The Kier molecular flexibility index (Phi) is 3.39. The lowest BCUT2D eigenvalue weighted by atomic mass is 9.91. The van der Waals surface area contributed by atoms with Gasteiger partial charge in [0.2, 0.25) is 0 Å². The largest absolute Gasteiger partial charge is 0.354 e. The minimum Gasteiger partial charge on any atom is -0.354 e. The highest BCUT2D eigenvalue weighted by Crippen LogP contribution is 2.59. The van der Waals surface area contributed by atoms with Crippen molar-refractivity contribution < 1.29 is 9.13 Å². The van der Waals surface area contributed by atoms with Crippen molar-refractivity contribution in [3.63, 3.8) is 0 Å². The van der Waals surface area contributed by atoms with Crippen LogP contribution in [0.25, 0.3) is 0 Å². The van der Waals surface area contributed by atoms with E-state index in [1.807, 2.05) is 24.3 Å². The normalized spacial score (nSPS) is 23.0. The van der Waals surface area contributed by atoms with Gasteiger partial charge >= 0.3 is 0 Å². The summed E-state index contributed by atoms with van der Waals surface area (Å²) in [6.45, 7) is 0.481. The first-order valence-electron chi connectivity index (χ1n) is 7.20. The molecule has 0 radical (unpaired) electrons. The zero-order valence-electron chi connectivity index (χ0n) is 12.1. The number of rotatable bonds is 4. The Bertz CT molecular complexity index is 822. The van der Waals surface area contributed by atoms with E-state index >= 15 is 0 Å². The number of hydrogen-bond acceptors (Lipinski definition) is 3. The van der Waals surface area contributed by atoms with Crippen molar-refractivity contribution in [3.8, 4) is 0 Å². The third-order valence-corrected chi connectivity index (χ3v) is 4.42.